The Morgan fingerprint density at radius 3 is 2.17 bits per heavy atom. The van der Waals surface area contributed by atoms with Crippen molar-refractivity contribution in [2.45, 2.75) is 70.6 Å². The highest BCUT2D eigenvalue weighted by Crippen LogP contribution is 2.19. The van der Waals surface area contributed by atoms with Crippen LogP contribution in [0, 0.1) is 0 Å². The maximum atomic E-state index is 12.7. The van der Waals surface area contributed by atoms with E-state index in [-0.39, 0.29) is 10.5 Å². The van der Waals surface area contributed by atoms with E-state index >= 15 is 0 Å². The normalized spacial score (nSPS) is 12.0. The van der Waals surface area contributed by atoms with Crippen LogP contribution < -0.4 is 5.56 Å². The molecular formula is C17H30N2O3S. The van der Waals surface area contributed by atoms with Gasteiger partial charge in [0.15, 0.2) is 0 Å². The summed E-state index contributed by atoms with van der Waals surface area (Å²) in [5.74, 6) is 0. The Morgan fingerprint density at radius 1 is 0.957 bits per heavy atom. The number of sulfonamides is 1. The van der Waals surface area contributed by atoms with Crippen molar-refractivity contribution in [2.24, 2.45) is 0 Å². The van der Waals surface area contributed by atoms with E-state index in [9.17, 15) is 13.2 Å². The van der Waals surface area contributed by atoms with Crippen molar-refractivity contribution in [3.05, 3.63) is 28.2 Å². The fourth-order valence-corrected chi connectivity index (χ4v) is 4.38. The molecule has 0 amide bonds. The Labute approximate surface area is 140 Å². The predicted octanol–water partition coefficient (Wildman–Crippen LogP) is 3.31. The first-order valence-electron chi connectivity index (χ1n) is 8.69. The number of rotatable bonds is 11. The van der Waals surface area contributed by atoms with Gasteiger partial charge in [-0.3, -0.25) is 4.79 Å². The number of pyridine rings is 1. The van der Waals surface area contributed by atoms with Crippen LogP contribution in [0.5, 0.6) is 0 Å². The number of aryl methyl sites for hydroxylation is 1. The number of hydrogen-bond donors (Lipinski definition) is 1. The van der Waals surface area contributed by atoms with Gasteiger partial charge in [-0.05, 0) is 18.9 Å². The average molecular weight is 343 g/mol. The van der Waals surface area contributed by atoms with E-state index in [0.29, 0.717) is 25.2 Å². The summed E-state index contributed by atoms with van der Waals surface area (Å²) in [6.45, 7) is 6.67. The van der Waals surface area contributed by atoms with Gasteiger partial charge in [0.1, 0.15) is 4.90 Å². The van der Waals surface area contributed by atoms with Crippen molar-refractivity contribution >= 4 is 10.0 Å². The molecule has 0 saturated heterocycles. The third kappa shape index (κ3) is 5.77. The average Bonchev–Trinajstić information content (AvgIpc) is 2.51. The monoisotopic (exact) mass is 342 g/mol. The van der Waals surface area contributed by atoms with Gasteiger partial charge in [-0.15, -0.1) is 0 Å². The Kier molecular flexibility index (Phi) is 8.55. The highest BCUT2D eigenvalue weighted by Gasteiger charge is 2.24. The van der Waals surface area contributed by atoms with Crippen LogP contribution >= 0.6 is 0 Å². The highest BCUT2D eigenvalue weighted by molar-refractivity contribution is 7.89. The second kappa shape index (κ2) is 9.88. The lowest BCUT2D eigenvalue weighted by Crippen LogP contribution is -2.32. The molecule has 0 fully saturated rings. The third-order valence-corrected chi connectivity index (χ3v) is 6.20. The fraction of sp³-hybridized carbons (Fsp3) is 0.706. The van der Waals surface area contributed by atoms with Gasteiger partial charge >= 0.3 is 0 Å². The molecule has 0 unspecified atom stereocenters. The van der Waals surface area contributed by atoms with Crippen LogP contribution in [0.15, 0.2) is 21.8 Å². The van der Waals surface area contributed by atoms with Gasteiger partial charge < -0.3 is 4.98 Å². The zero-order valence-corrected chi connectivity index (χ0v) is 15.4. The number of unbranched alkanes of at least 4 members (excludes halogenated alkanes) is 5. The van der Waals surface area contributed by atoms with Crippen molar-refractivity contribution in [1.82, 2.24) is 9.29 Å². The summed E-state index contributed by atoms with van der Waals surface area (Å²) in [5.41, 5.74) is 0.296. The summed E-state index contributed by atoms with van der Waals surface area (Å²) in [6.07, 6.45) is 7.36. The SMILES string of the molecule is CCCCCCCCc1[nH]c(=O)ccc1S(=O)(=O)N(CC)CC. The van der Waals surface area contributed by atoms with E-state index in [0.717, 1.165) is 19.3 Å². The summed E-state index contributed by atoms with van der Waals surface area (Å²) in [6, 6.07) is 2.74. The molecule has 132 valence electrons. The van der Waals surface area contributed by atoms with Gasteiger partial charge in [-0.2, -0.15) is 4.31 Å². The minimum absolute atomic E-state index is 0.245. The summed E-state index contributed by atoms with van der Waals surface area (Å²) in [7, 11) is -3.54. The summed E-state index contributed by atoms with van der Waals surface area (Å²) < 4.78 is 26.8. The second-order valence-electron chi connectivity index (χ2n) is 5.77. The molecule has 1 N–H and O–H groups in total. The lowest BCUT2D eigenvalue weighted by Gasteiger charge is -2.20. The smallest absolute Gasteiger partial charge is 0.248 e. The van der Waals surface area contributed by atoms with Gasteiger partial charge in [-0.1, -0.05) is 52.9 Å². The molecule has 0 aromatic carbocycles. The Hall–Kier alpha value is -1.14. The van der Waals surface area contributed by atoms with Crippen LogP contribution in [0.2, 0.25) is 0 Å². The molecule has 5 nitrogen and oxygen atoms in total. The molecule has 0 radical (unpaired) electrons. The van der Waals surface area contributed by atoms with Crippen molar-refractivity contribution in [3.8, 4) is 0 Å². The zero-order chi connectivity index (χ0) is 17.3. The van der Waals surface area contributed by atoms with Crippen LogP contribution in [-0.4, -0.2) is 30.8 Å². The summed E-state index contributed by atoms with van der Waals surface area (Å²) >= 11 is 0. The standard InChI is InChI=1S/C17H30N2O3S/c1-4-7-8-9-10-11-12-15-16(13-14-17(20)18-15)23(21,22)19(5-2)6-3/h13-14H,4-12H2,1-3H3,(H,18,20). The molecule has 0 atom stereocenters. The van der Waals surface area contributed by atoms with Gasteiger partial charge in [0.2, 0.25) is 15.6 Å². The largest absolute Gasteiger partial charge is 0.325 e. The number of aromatic amines is 1. The molecule has 0 bridgehead atoms. The number of H-pyrrole nitrogens is 1. The lowest BCUT2D eigenvalue weighted by molar-refractivity contribution is 0.444. The Bertz CT molecular complexity index is 619. The first-order valence-corrected chi connectivity index (χ1v) is 10.1. The zero-order valence-electron chi connectivity index (χ0n) is 14.6. The van der Waals surface area contributed by atoms with Gasteiger partial charge in [-0.25, -0.2) is 8.42 Å². The molecule has 6 heteroatoms. The molecule has 1 aromatic heterocycles. The Morgan fingerprint density at radius 2 is 1.57 bits per heavy atom. The maximum absolute atomic E-state index is 12.7. The van der Waals surface area contributed by atoms with E-state index in [1.165, 1.54) is 35.7 Å². The van der Waals surface area contributed by atoms with Crippen LogP contribution in [0.3, 0.4) is 0 Å². The molecule has 1 rings (SSSR count). The number of nitrogens with one attached hydrogen (secondary N) is 1. The molecule has 0 aliphatic carbocycles. The van der Waals surface area contributed by atoms with Crippen LogP contribution in [0.4, 0.5) is 0 Å². The molecule has 0 aliphatic rings. The molecular weight excluding hydrogens is 312 g/mol. The van der Waals surface area contributed by atoms with Crippen LogP contribution in [0.25, 0.3) is 0 Å². The maximum Gasteiger partial charge on any atom is 0.248 e. The molecule has 1 aromatic rings. The van der Waals surface area contributed by atoms with Crippen molar-refractivity contribution < 1.29 is 8.42 Å². The molecule has 0 spiro atoms. The summed E-state index contributed by atoms with van der Waals surface area (Å²) in [4.78, 5) is 14.6. The van der Waals surface area contributed by atoms with E-state index < -0.39 is 10.0 Å². The van der Waals surface area contributed by atoms with Crippen molar-refractivity contribution in [1.29, 1.82) is 0 Å². The number of aromatic nitrogens is 1. The van der Waals surface area contributed by atoms with E-state index in [4.69, 9.17) is 0 Å². The predicted molar refractivity (Wildman–Crippen MR) is 94.2 cm³/mol. The fourth-order valence-electron chi connectivity index (χ4n) is 2.72. The molecule has 1 heterocycles. The Balaban J connectivity index is 2.87. The number of nitrogens with zero attached hydrogens (tertiary/aromatic N) is 1. The third-order valence-electron chi connectivity index (χ3n) is 4.06. The first kappa shape index (κ1) is 19.9. The van der Waals surface area contributed by atoms with Crippen LogP contribution in [0.1, 0.15) is 65.0 Å². The number of hydrogen-bond acceptors (Lipinski definition) is 3. The quantitative estimate of drug-likeness (QED) is 0.627. The highest BCUT2D eigenvalue weighted by atomic mass is 32.2. The minimum atomic E-state index is -3.54. The second-order valence-corrected chi connectivity index (χ2v) is 7.68. The topological polar surface area (TPSA) is 70.2 Å². The van der Waals surface area contributed by atoms with E-state index in [1.54, 1.807) is 0 Å². The molecule has 23 heavy (non-hydrogen) atoms. The van der Waals surface area contributed by atoms with E-state index in [1.807, 2.05) is 13.8 Å². The lowest BCUT2D eigenvalue weighted by atomic mass is 10.1. The van der Waals surface area contributed by atoms with Crippen LogP contribution in [-0.2, 0) is 16.4 Å². The van der Waals surface area contributed by atoms with Gasteiger partial charge in [0.25, 0.3) is 0 Å². The van der Waals surface area contributed by atoms with Crippen molar-refractivity contribution in [2.75, 3.05) is 13.1 Å². The van der Waals surface area contributed by atoms with Crippen molar-refractivity contribution in [3.63, 3.8) is 0 Å². The minimum Gasteiger partial charge on any atom is -0.325 e. The summed E-state index contributed by atoms with van der Waals surface area (Å²) in [5, 5.41) is 0. The van der Waals surface area contributed by atoms with Gasteiger partial charge in [0, 0.05) is 24.8 Å². The molecule has 0 aliphatic heterocycles. The van der Waals surface area contributed by atoms with Gasteiger partial charge in [0.05, 0.1) is 0 Å². The molecule has 0 saturated carbocycles. The van der Waals surface area contributed by atoms with E-state index in [2.05, 4.69) is 11.9 Å². The first-order chi connectivity index (χ1) is 11.0.